The third-order valence-corrected chi connectivity index (χ3v) is 3.87. The van der Waals surface area contributed by atoms with Gasteiger partial charge in [0.15, 0.2) is 5.78 Å². The Morgan fingerprint density at radius 3 is 2.93 bits per heavy atom. The van der Waals surface area contributed by atoms with Gasteiger partial charge in [-0.3, -0.25) is 9.59 Å². The molecule has 0 saturated heterocycles. The van der Waals surface area contributed by atoms with Crippen molar-refractivity contribution < 1.29 is 14.7 Å². The summed E-state index contributed by atoms with van der Waals surface area (Å²) in [6, 6.07) is 0. The fourth-order valence-electron chi connectivity index (χ4n) is 3.27. The van der Waals surface area contributed by atoms with Gasteiger partial charge in [-0.1, -0.05) is 18.2 Å². The number of rotatable bonds is 1. The second kappa shape index (κ2) is 2.16. The van der Waals surface area contributed by atoms with Crippen molar-refractivity contribution in [3.05, 3.63) is 24.3 Å². The van der Waals surface area contributed by atoms with Gasteiger partial charge in [0.2, 0.25) is 0 Å². The molecule has 2 bridgehead atoms. The Bertz CT molecular complexity index is 393. The highest BCUT2D eigenvalue weighted by Gasteiger charge is 2.63. The van der Waals surface area contributed by atoms with Gasteiger partial charge in [-0.15, -0.1) is 0 Å². The molecule has 0 amide bonds. The SMILES string of the molecule is O=C1C=C[C@]2(C(=O)O)[C@H]1[C@@H]1C=C[C@H]2C1. The predicted molar refractivity (Wildman–Crippen MR) is 48.4 cm³/mol. The number of carboxylic acids is 1. The molecule has 3 aliphatic rings. The van der Waals surface area contributed by atoms with Crippen LogP contribution in [0.1, 0.15) is 6.42 Å². The van der Waals surface area contributed by atoms with E-state index in [9.17, 15) is 14.7 Å². The summed E-state index contributed by atoms with van der Waals surface area (Å²) in [5.74, 6) is -1.00. The Hall–Kier alpha value is -1.38. The van der Waals surface area contributed by atoms with Crippen LogP contribution in [0.15, 0.2) is 24.3 Å². The molecule has 0 radical (unpaired) electrons. The zero-order valence-electron chi connectivity index (χ0n) is 7.51. The van der Waals surface area contributed by atoms with Crippen LogP contribution in [0.4, 0.5) is 0 Å². The maximum absolute atomic E-state index is 11.6. The topological polar surface area (TPSA) is 54.4 Å². The van der Waals surface area contributed by atoms with E-state index in [1.807, 2.05) is 12.2 Å². The van der Waals surface area contributed by atoms with Crippen LogP contribution in [0.3, 0.4) is 0 Å². The Kier molecular flexibility index (Phi) is 1.23. The number of fused-ring (bicyclic) bond motifs is 5. The lowest BCUT2D eigenvalue weighted by Gasteiger charge is -2.30. The minimum absolute atomic E-state index is 0.00995. The van der Waals surface area contributed by atoms with Crippen molar-refractivity contribution in [2.75, 3.05) is 0 Å². The van der Waals surface area contributed by atoms with Gasteiger partial charge in [-0.25, -0.2) is 0 Å². The van der Waals surface area contributed by atoms with Crippen LogP contribution in [0.2, 0.25) is 0 Å². The smallest absolute Gasteiger partial charge is 0.314 e. The number of carbonyl (C=O) groups is 2. The highest BCUT2D eigenvalue weighted by atomic mass is 16.4. The molecular formula is C11H10O3. The summed E-state index contributed by atoms with van der Waals surface area (Å²) in [7, 11) is 0. The number of carboxylic acid groups (broad SMARTS) is 1. The van der Waals surface area contributed by atoms with Crippen LogP contribution in [-0.4, -0.2) is 16.9 Å². The quantitative estimate of drug-likeness (QED) is 0.628. The molecule has 0 aromatic carbocycles. The van der Waals surface area contributed by atoms with E-state index in [0.29, 0.717) is 0 Å². The molecule has 14 heavy (non-hydrogen) atoms. The van der Waals surface area contributed by atoms with Crippen molar-refractivity contribution in [1.82, 2.24) is 0 Å². The maximum atomic E-state index is 11.6. The Labute approximate surface area is 81.1 Å². The van der Waals surface area contributed by atoms with Gasteiger partial charge < -0.3 is 5.11 Å². The molecule has 72 valence electrons. The van der Waals surface area contributed by atoms with Gasteiger partial charge in [-0.05, 0) is 24.3 Å². The molecule has 0 heterocycles. The molecule has 4 atom stereocenters. The van der Waals surface area contributed by atoms with E-state index in [2.05, 4.69) is 0 Å². The molecule has 0 aliphatic heterocycles. The average Bonchev–Trinajstić information content (AvgIpc) is 2.76. The van der Waals surface area contributed by atoms with E-state index in [4.69, 9.17) is 0 Å². The number of carbonyl (C=O) groups excluding carboxylic acids is 1. The molecule has 3 rings (SSSR count). The molecule has 0 spiro atoms. The molecule has 0 aromatic heterocycles. The van der Waals surface area contributed by atoms with Crippen LogP contribution in [-0.2, 0) is 9.59 Å². The van der Waals surface area contributed by atoms with E-state index in [0.717, 1.165) is 6.42 Å². The van der Waals surface area contributed by atoms with Crippen LogP contribution < -0.4 is 0 Å². The first-order chi connectivity index (χ1) is 6.66. The largest absolute Gasteiger partial charge is 0.481 e. The lowest BCUT2D eigenvalue weighted by Crippen LogP contribution is -2.40. The van der Waals surface area contributed by atoms with Crippen molar-refractivity contribution >= 4 is 11.8 Å². The number of ketones is 1. The van der Waals surface area contributed by atoms with Crippen LogP contribution in [0.25, 0.3) is 0 Å². The molecule has 3 heteroatoms. The first-order valence-corrected chi connectivity index (χ1v) is 4.81. The van der Waals surface area contributed by atoms with Crippen molar-refractivity contribution in [3.63, 3.8) is 0 Å². The number of hydrogen-bond donors (Lipinski definition) is 1. The molecule has 3 aliphatic carbocycles. The maximum Gasteiger partial charge on any atom is 0.314 e. The molecule has 3 nitrogen and oxygen atoms in total. The molecular weight excluding hydrogens is 180 g/mol. The summed E-state index contributed by atoms with van der Waals surface area (Å²) >= 11 is 0. The Balaban J connectivity index is 2.19. The lowest BCUT2D eigenvalue weighted by molar-refractivity contribution is -0.151. The zero-order valence-corrected chi connectivity index (χ0v) is 7.51. The number of aliphatic carboxylic acids is 1. The standard InChI is InChI=1S/C11H10O3/c12-8-3-4-11(10(13)14)7-2-1-6(5-7)9(8)11/h1-4,6-7,9H,5H2,(H,13,14)/t6-,7+,9+,11-/m1/s1. The molecule has 1 fully saturated rings. The van der Waals surface area contributed by atoms with E-state index in [-0.39, 0.29) is 23.5 Å². The van der Waals surface area contributed by atoms with Gasteiger partial charge in [0.05, 0.1) is 0 Å². The lowest BCUT2D eigenvalue weighted by atomic mass is 9.70. The van der Waals surface area contributed by atoms with E-state index >= 15 is 0 Å². The summed E-state index contributed by atoms with van der Waals surface area (Å²) in [6.45, 7) is 0. The highest BCUT2D eigenvalue weighted by molar-refractivity contribution is 6.02. The summed E-state index contributed by atoms with van der Waals surface area (Å²) in [5, 5.41) is 9.28. The van der Waals surface area contributed by atoms with Crippen molar-refractivity contribution in [3.8, 4) is 0 Å². The van der Waals surface area contributed by atoms with E-state index < -0.39 is 11.4 Å². The average molecular weight is 190 g/mol. The first kappa shape index (κ1) is 7.97. The van der Waals surface area contributed by atoms with Crippen molar-refractivity contribution in [2.24, 2.45) is 23.2 Å². The van der Waals surface area contributed by atoms with Crippen LogP contribution in [0, 0.1) is 23.2 Å². The minimum Gasteiger partial charge on any atom is -0.481 e. The van der Waals surface area contributed by atoms with E-state index in [1.54, 1.807) is 6.08 Å². The summed E-state index contributed by atoms with van der Waals surface area (Å²) in [6.07, 6.45) is 7.84. The van der Waals surface area contributed by atoms with Gasteiger partial charge in [0.1, 0.15) is 5.41 Å². The Morgan fingerprint density at radius 2 is 2.29 bits per heavy atom. The predicted octanol–water partition coefficient (Wildman–Crippen LogP) is 1.02. The second-order valence-corrected chi connectivity index (χ2v) is 4.34. The molecule has 1 saturated carbocycles. The normalized spacial score (nSPS) is 47.4. The molecule has 1 N–H and O–H groups in total. The molecule has 0 unspecified atom stereocenters. The summed E-state index contributed by atoms with van der Waals surface area (Å²) < 4.78 is 0. The van der Waals surface area contributed by atoms with Gasteiger partial charge >= 0.3 is 5.97 Å². The highest BCUT2D eigenvalue weighted by Crippen LogP contribution is 2.59. The minimum atomic E-state index is -0.906. The second-order valence-electron chi connectivity index (χ2n) is 4.34. The van der Waals surface area contributed by atoms with Crippen LogP contribution >= 0.6 is 0 Å². The third-order valence-electron chi connectivity index (χ3n) is 3.87. The number of hydrogen-bond acceptors (Lipinski definition) is 2. The fourth-order valence-corrected chi connectivity index (χ4v) is 3.27. The summed E-state index contributed by atoms with van der Waals surface area (Å²) in [5.41, 5.74) is -0.906. The Morgan fingerprint density at radius 1 is 1.50 bits per heavy atom. The van der Waals surface area contributed by atoms with Crippen molar-refractivity contribution in [1.29, 1.82) is 0 Å². The fraction of sp³-hybridized carbons (Fsp3) is 0.455. The van der Waals surface area contributed by atoms with Crippen LogP contribution in [0.5, 0.6) is 0 Å². The molecule has 0 aromatic rings. The third kappa shape index (κ3) is 0.626. The summed E-state index contributed by atoms with van der Waals surface area (Å²) in [4.78, 5) is 22.9. The first-order valence-electron chi connectivity index (χ1n) is 4.81. The van der Waals surface area contributed by atoms with Gasteiger partial charge in [-0.2, -0.15) is 0 Å². The van der Waals surface area contributed by atoms with Gasteiger partial charge in [0.25, 0.3) is 0 Å². The monoisotopic (exact) mass is 190 g/mol. The van der Waals surface area contributed by atoms with Gasteiger partial charge in [0, 0.05) is 5.92 Å². The van der Waals surface area contributed by atoms with E-state index in [1.165, 1.54) is 6.08 Å². The van der Waals surface area contributed by atoms with Crippen molar-refractivity contribution in [2.45, 2.75) is 6.42 Å². The zero-order chi connectivity index (χ0) is 9.92. The number of allylic oxidation sites excluding steroid dienone is 3.